The lowest BCUT2D eigenvalue weighted by atomic mass is 9.89. The van der Waals surface area contributed by atoms with Gasteiger partial charge in [-0.3, -0.25) is 0 Å². The normalized spacial score (nSPS) is 14.0. The molecule has 22 heavy (non-hydrogen) atoms. The van der Waals surface area contributed by atoms with Crippen LogP contribution in [-0.4, -0.2) is 42.4 Å². The van der Waals surface area contributed by atoms with Crippen molar-refractivity contribution in [1.82, 2.24) is 9.97 Å². The number of hydrogen-bond acceptors (Lipinski definition) is 6. The fraction of sp³-hybridized carbons (Fsp3) is 0.467. The molecule has 0 aliphatic heterocycles. The Balaban J connectivity index is 2.37. The molecule has 0 bridgehead atoms. The van der Waals surface area contributed by atoms with Gasteiger partial charge in [-0.2, -0.15) is 0 Å². The Bertz CT molecular complexity index is 782. The molecule has 0 fully saturated rings. The van der Waals surface area contributed by atoms with Crippen LogP contribution in [0.25, 0.3) is 10.9 Å². The van der Waals surface area contributed by atoms with Gasteiger partial charge in [0.1, 0.15) is 12.1 Å². The number of rotatable bonds is 4. The Hall–Kier alpha value is -1.73. The standard InChI is InChI=1S/C15H21N3O3S/c1-15(2,3)13(19)8-16-14-11-7-10(22(4,20)21)5-6-12(11)17-9-18-14/h5-7,9,13,19H,8H2,1-4H3,(H,16,17,18). The predicted molar refractivity (Wildman–Crippen MR) is 86.6 cm³/mol. The van der Waals surface area contributed by atoms with Crippen molar-refractivity contribution in [2.75, 3.05) is 18.1 Å². The third-order valence-electron chi connectivity index (χ3n) is 3.50. The van der Waals surface area contributed by atoms with Gasteiger partial charge in [0.25, 0.3) is 0 Å². The summed E-state index contributed by atoms with van der Waals surface area (Å²) in [5.41, 5.74) is 0.392. The van der Waals surface area contributed by atoms with E-state index in [4.69, 9.17) is 0 Å². The molecule has 0 aliphatic carbocycles. The van der Waals surface area contributed by atoms with Crippen LogP contribution in [-0.2, 0) is 9.84 Å². The van der Waals surface area contributed by atoms with Crippen molar-refractivity contribution in [3.05, 3.63) is 24.5 Å². The zero-order valence-electron chi connectivity index (χ0n) is 13.2. The maximum atomic E-state index is 11.7. The minimum absolute atomic E-state index is 0.217. The largest absolute Gasteiger partial charge is 0.391 e. The van der Waals surface area contributed by atoms with Gasteiger partial charge in [0.15, 0.2) is 9.84 Å². The van der Waals surface area contributed by atoms with Gasteiger partial charge >= 0.3 is 0 Å². The molecule has 6 nitrogen and oxygen atoms in total. The number of fused-ring (bicyclic) bond motifs is 1. The lowest BCUT2D eigenvalue weighted by Gasteiger charge is -2.26. The predicted octanol–water partition coefficient (Wildman–Crippen LogP) is 1.85. The van der Waals surface area contributed by atoms with Crippen LogP contribution in [0.5, 0.6) is 0 Å². The van der Waals surface area contributed by atoms with Gasteiger partial charge in [0.05, 0.1) is 16.5 Å². The molecule has 1 aromatic carbocycles. The van der Waals surface area contributed by atoms with Crippen molar-refractivity contribution in [3.63, 3.8) is 0 Å². The Kier molecular flexibility index (Phi) is 4.39. The maximum Gasteiger partial charge on any atom is 0.175 e. The third-order valence-corrected chi connectivity index (χ3v) is 4.61. The quantitative estimate of drug-likeness (QED) is 0.892. The SMILES string of the molecule is CC(C)(C)C(O)CNc1ncnc2ccc(S(C)(=O)=O)cc12. The highest BCUT2D eigenvalue weighted by atomic mass is 32.2. The first-order chi connectivity index (χ1) is 10.1. The van der Waals surface area contributed by atoms with Crippen LogP contribution in [0.3, 0.4) is 0 Å². The summed E-state index contributed by atoms with van der Waals surface area (Å²) < 4.78 is 23.4. The van der Waals surface area contributed by atoms with E-state index < -0.39 is 15.9 Å². The molecule has 2 aromatic rings. The Morgan fingerprint density at radius 2 is 1.95 bits per heavy atom. The van der Waals surface area contributed by atoms with Gasteiger partial charge < -0.3 is 10.4 Å². The van der Waals surface area contributed by atoms with Gasteiger partial charge in [-0.15, -0.1) is 0 Å². The molecule has 1 unspecified atom stereocenters. The van der Waals surface area contributed by atoms with E-state index in [1.807, 2.05) is 20.8 Å². The van der Waals surface area contributed by atoms with E-state index in [-0.39, 0.29) is 10.3 Å². The first-order valence-corrected chi connectivity index (χ1v) is 8.85. The number of aromatic nitrogens is 2. The second-order valence-corrected chi connectivity index (χ2v) is 8.45. The van der Waals surface area contributed by atoms with Gasteiger partial charge in [0.2, 0.25) is 0 Å². The molecule has 7 heteroatoms. The zero-order valence-corrected chi connectivity index (χ0v) is 14.0. The van der Waals surface area contributed by atoms with Gasteiger partial charge in [-0.1, -0.05) is 20.8 Å². The summed E-state index contributed by atoms with van der Waals surface area (Å²) in [5.74, 6) is 0.513. The molecular weight excluding hydrogens is 302 g/mol. The molecule has 1 heterocycles. The van der Waals surface area contributed by atoms with E-state index in [1.54, 1.807) is 12.1 Å². The number of aliphatic hydroxyl groups is 1. The molecule has 0 aliphatic rings. The highest BCUT2D eigenvalue weighted by Gasteiger charge is 2.22. The van der Waals surface area contributed by atoms with E-state index in [1.165, 1.54) is 12.4 Å². The minimum Gasteiger partial charge on any atom is -0.391 e. The maximum absolute atomic E-state index is 11.7. The van der Waals surface area contributed by atoms with Gasteiger partial charge in [-0.05, 0) is 23.6 Å². The van der Waals surface area contributed by atoms with E-state index in [0.29, 0.717) is 23.3 Å². The first kappa shape index (κ1) is 16.6. The van der Waals surface area contributed by atoms with Crippen LogP contribution in [0.2, 0.25) is 0 Å². The summed E-state index contributed by atoms with van der Waals surface area (Å²) in [5, 5.41) is 13.8. The number of aliphatic hydroxyl groups excluding tert-OH is 1. The van der Waals surface area contributed by atoms with Crippen LogP contribution in [0, 0.1) is 5.41 Å². The van der Waals surface area contributed by atoms with E-state index >= 15 is 0 Å². The molecule has 1 atom stereocenters. The lowest BCUT2D eigenvalue weighted by Crippen LogP contribution is -2.33. The third kappa shape index (κ3) is 3.72. The van der Waals surface area contributed by atoms with Crippen LogP contribution in [0.15, 0.2) is 29.4 Å². The number of nitrogens with one attached hydrogen (secondary N) is 1. The Morgan fingerprint density at radius 1 is 1.27 bits per heavy atom. The van der Waals surface area contributed by atoms with Crippen molar-refractivity contribution in [3.8, 4) is 0 Å². The molecule has 120 valence electrons. The minimum atomic E-state index is -3.30. The van der Waals surface area contributed by atoms with Crippen molar-refractivity contribution < 1.29 is 13.5 Å². The van der Waals surface area contributed by atoms with Gasteiger partial charge in [0, 0.05) is 18.2 Å². The van der Waals surface area contributed by atoms with E-state index in [9.17, 15) is 13.5 Å². The smallest absolute Gasteiger partial charge is 0.175 e. The summed E-state index contributed by atoms with van der Waals surface area (Å²) in [6, 6.07) is 4.73. The lowest BCUT2D eigenvalue weighted by molar-refractivity contribution is 0.0745. The monoisotopic (exact) mass is 323 g/mol. The van der Waals surface area contributed by atoms with Crippen molar-refractivity contribution in [2.24, 2.45) is 5.41 Å². The average molecular weight is 323 g/mol. The van der Waals surface area contributed by atoms with Crippen LogP contribution in [0.1, 0.15) is 20.8 Å². The van der Waals surface area contributed by atoms with E-state index in [2.05, 4.69) is 15.3 Å². The second kappa shape index (κ2) is 5.81. The summed E-state index contributed by atoms with van der Waals surface area (Å²) in [4.78, 5) is 8.51. The van der Waals surface area contributed by atoms with Crippen LogP contribution in [0.4, 0.5) is 5.82 Å². The molecule has 0 spiro atoms. The number of benzene rings is 1. The number of hydrogen-bond donors (Lipinski definition) is 2. The van der Waals surface area contributed by atoms with Crippen molar-refractivity contribution in [2.45, 2.75) is 31.8 Å². The first-order valence-electron chi connectivity index (χ1n) is 6.96. The van der Waals surface area contributed by atoms with Crippen LogP contribution < -0.4 is 5.32 Å². The Morgan fingerprint density at radius 3 is 2.55 bits per heavy atom. The molecule has 0 amide bonds. The number of nitrogens with zero attached hydrogens (tertiary/aromatic N) is 2. The zero-order chi connectivity index (χ0) is 16.5. The summed E-state index contributed by atoms with van der Waals surface area (Å²) in [6.45, 7) is 6.15. The molecule has 1 aromatic heterocycles. The average Bonchev–Trinajstić information content (AvgIpc) is 2.42. The molecule has 2 N–H and O–H groups in total. The molecule has 0 saturated carbocycles. The number of sulfone groups is 1. The van der Waals surface area contributed by atoms with Crippen molar-refractivity contribution >= 4 is 26.6 Å². The summed E-state index contributed by atoms with van der Waals surface area (Å²) in [6.07, 6.45) is 2.01. The van der Waals surface area contributed by atoms with E-state index in [0.717, 1.165) is 6.26 Å². The summed E-state index contributed by atoms with van der Waals surface area (Å²) in [7, 11) is -3.30. The van der Waals surface area contributed by atoms with Crippen LogP contribution >= 0.6 is 0 Å². The fourth-order valence-corrected chi connectivity index (χ4v) is 2.55. The van der Waals surface area contributed by atoms with Gasteiger partial charge in [-0.25, -0.2) is 18.4 Å². The second-order valence-electron chi connectivity index (χ2n) is 6.44. The fourth-order valence-electron chi connectivity index (χ4n) is 1.91. The summed E-state index contributed by atoms with van der Waals surface area (Å²) >= 11 is 0. The molecule has 2 rings (SSSR count). The topological polar surface area (TPSA) is 92.2 Å². The molecular formula is C15H21N3O3S. The van der Waals surface area contributed by atoms with Crippen molar-refractivity contribution in [1.29, 1.82) is 0 Å². The highest BCUT2D eigenvalue weighted by molar-refractivity contribution is 7.90. The Labute approximate surface area is 130 Å². The molecule has 0 saturated heterocycles. The highest BCUT2D eigenvalue weighted by Crippen LogP contribution is 2.24. The number of anilines is 1. The molecule has 0 radical (unpaired) electrons.